The molecule has 0 fully saturated rings. The Morgan fingerprint density at radius 3 is 2.77 bits per heavy atom. The predicted octanol–water partition coefficient (Wildman–Crippen LogP) is 1.82. The van der Waals surface area contributed by atoms with E-state index in [0.717, 1.165) is 6.42 Å². The summed E-state index contributed by atoms with van der Waals surface area (Å²) < 4.78 is 26.1. The van der Waals surface area contributed by atoms with Gasteiger partial charge in [0.15, 0.2) is 0 Å². The molecule has 74 valence electrons. The Morgan fingerprint density at radius 1 is 1.62 bits per heavy atom. The molecule has 1 atom stereocenters. The molecule has 0 aliphatic carbocycles. The average Bonchev–Trinajstić information content (AvgIpc) is 2.55. The minimum atomic E-state index is -3.26. The molecule has 5 heteroatoms. The third-order valence-electron chi connectivity index (χ3n) is 1.73. The van der Waals surface area contributed by atoms with Crippen LogP contribution in [0.3, 0.4) is 0 Å². The summed E-state index contributed by atoms with van der Waals surface area (Å²) in [7, 11) is -3.26. The zero-order chi connectivity index (χ0) is 9.90. The lowest BCUT2D eigenvalue weighted by Gasteiger charge is -2.09. The van der Waals surface area contributed by atoms with Crippen LogP contribution in [0.15, 0.2) is 21.7 Å². The number of hydrogen-bond donors (Lipinski definition) is 1. The highest BCUT2D eigenvalue weighted by Crippen LogP contribution is 2.15. The van der Waals surface area contributed by atoms with Crippen LogP contribution in [0.4, 0.5) is 0 Å². The minimum absolute atomic E-state index is 0.00731. The quantitative estimate of drug-likeness (QED) is 0.839. The number of rotatable bonds is 4. The van der Waals surface area contributed by atoms with Crippen LogP contribution >= 0.6 is 11.3 Å². The summed E-state index contributed by atoms with van der Waals surface area (Å²) in [4.78, 5) is 0. The van der Waals surface area contributed by atoms with Gasteiger partial charge < -0.3 is 0 Å². The molecule has 0 spiro atoms. The van der Waals surface area contributed by atoms with E-state index in [0.29, 0.717) is 4.21 Å². The van der Waals surface area contributed by atoms with Crippen molar-refractivity contribution >= 4 is 21.4 Å². The number of sulfonamides is 1. The highest BCUT2D eigenvalue weighted by molar-refractivity contribution is 7.91. The van der Waals surface area contributed by atoms with E-state index >= 15 is 0 Å². The fourth-order valence-electron chi connectivity index (χ4n) is 0.823. The highest BCUT2D eigenvalue weighted by Gasteiger charge is 2.16. The van der Waals surface area contributed by atoms with Gasteiger partial charge in [0.2, 0.25) is 10.0 Å². The first kappa shape index (κ1) is 10.7. The van der Waals surface area contributed by atoms with E-state index in [9.17, 15) is 8.42 Å². The number of thiophene rings is 1. The Bertz CT molecular complexity index is 342. The van der Waals surface area contributed by atoms with Crippen molar-refractivity contribution in [3.05, 3.63) is 17.5 Å². The Kier molecular flexibility index (Phi) is 3.47. The van der Waals surface area contributed by atoms with Crippen molar-refractivity contribution in [2.45, 2.75) is 30.5 Å². The fraction of sp³-hybridized carbons (Fsp3) is 0.500. The van der Waals surface area contributed by atoms with Crippen molar-refractivity contribution in [1.82, 2.24) is 4.72 Å². The SMILES string of the molecule is CC[C@@H](C)NS(=O)(=O)c1cccs1. The van der Waals surface area contributed by atoms with Gasteiger partial charge in [-0.05, 0) is 24.8 Å². The van der Waals surface area contributed by atoms with Crippen molar-refractivity contribution < 1.29 is 8.42 Å². The second-order valence-corrected chi connectivity index (χ2v) is 5.75. The van der Waals surface area contributed by atoms with Gasteiger partial charge in [-0.25, -0.2) is 13.1 Å². The standard InChI is InChI=1S/C8H13NO2S2/c1-3-7(2)9-13(10,11)8-5-4-6-12-8/h4-7,9H,3H2,1-2H3/t7-/m1/s1. The van der Waals surface area contributed by atoms with E-state index in [2.05, 4.69) is 4.72 Å². The van der Waals surface area contributed by atoms with Crippen molar-refractivity contribution in [1.29, 1.82) is 0 Å². The summed E-state index contributed by atoms with van der Waals surface area (Å²) >= 11 is 1.23. The van der Waals surface area contributed by atoms with Crippen LogP contribution in [0.5, 0.6) is 0 Å². The first-order valence-electron chi connectivity index (χ1n) is 4.12. The molecule has 1 aromatic heterocycles. The van der Waals surface area contributed by atoms with Crippen molar-refractivity contribution in [3.8, 4) is 0 Å². The van der Waals surface area contributed by atoms with Gasteiger partial charge in [-0.15, -0.1) is 11.3 Å². The first-order chi connectivity index (χ1) is 6.06. The molecule has 0 aliphatic heterocycles. The molecule has 1 rings (SSSR count). The van der Waals surface area contributed by atoms with Crippen LogP contribution < -0.4 is 4.72 Å². The van der Waals surface area contributed by atoms with E-state index in [4.69, 9.17) is 0 Å². The van der Waals surface area contributed by atoms with Gasteiger partial charge >= 0.3 is 0 Å². The van der Waals surface area contributed by atoms with Gasteiger partial charge in [0.25, 0.3) is 0 Å². The van der Waals surface area contributed by atoms with Crippen molar-refractivity contribution in [2.24, 2.45) is 0 Å². The lowest BCUT2D eigenvalue weighted by atomic mass is 10.3. The predicted molar refractivity (Wildman–Crippen MR) is 54.4 cm³/mol. The molecule has 3 nitrogen and oxygen atoms in total. The molecular formula is C8H13NO2S2. The number of nitrogens with one attached hydrogen (secondary N) is 1. The zero-order valence-electron chi connectivity index (χ0n) is 7.65. The Balaban J connectivity index is 2.79. The molecule has 0 bridgehead atoms. The molecule has 13 heavy (non-hydrogen) atoms. The van der Waals surface area contributed by atoms with E-state index in [-0.39, 0.29) is 6.04 Å². The van der Waals surface area contributed by atoms with Gasteiger partial charge in [0, 0.05) is 6.04 Å². The van der Waals surface area contributed by atoms with E-state index in [1.165, 1.54) is 11.3 Å². The first-order valence-corrected chi connectivity index (χ1v) is 6.48. The Labute approximate surface area is 82.8 Å². The Hall–Kier alpha value is -0.390. The summed E-state index contributed by atoms with van der Waals surface area (Å²) in [5.74, 6) is 0. The zero-order valence-corrected chi connectivity index (χ0v) is 9.28. The van der Waals surface area contributed by atoms with Gasteiger partial charge in [-0.2, -0.15) is 0 Å². The van der Waals surface area contributed by atoms with Gasteiger partial charge in [0.05, 0.1) is 0 Å². The summed E-state index contributed by atoms with van der Waals surface area (Å²) in [6, 6.07) is 3.33. The maximum atomic E-state index is 11.6. The summed E-state index contributed by atoms with van der Waals surface area (Å²) in [5.41, 5.74) is 0. The molecule has 0 amide bonds. The van der Waals surface area contributed by atoms with Crippen molar-refractivity contribution in [2.75, 3.05) is 0 Å². The largest absolute Gasteiger partial charge is 0.250 e. The third kappa shape index (κ3) is 2.79. The maximum absolute atomic E-state index is 11.6. The highest BCUT2D eigenvalue weighted by atomic mass is 32.2. The molecular weight excluding hydrogens is 206 g/mol. The normalized spacial score (nSPS) is 14.3. The molecule has 0 aliphatic rings. The molecule has 0 radical (unpaired) electrons. The lowest BCUT2D eigenvalue weighted by Crippen LogP contribution is -2.31. The summed E-state index contributed by atoms with van der Waals surface area (Å²) in [6.07, 6.45) is 0.796. The molecule has 1 aromatic rings. The third-order valence-corrected chi connectivity index (χ3v) is 4.72. The second-order valence-electron chi connectivity index (χ2n) is 2.86. The maximum Gasteiger partial charge on any atom is 0.250 e. The lowest BCUT2D eigenvalue weighted by molar-refractivity contribution is 0.558. The minimum Gasteiger partial charge on any atom is -0.208 e. The second kappa shape index (κ2) is 4.21. The monoisotopic (exact) mass is 219 g/mol. The molecule has 0 saturated carbocycles. The van der Waals surface area contributed by atoms with E-state index < -0.39 is 10.0 Å². The average molecular weight is 219 g/mol. The summed E-state index contributed by atoms with van der Waals surface area (Å²) in [5, 5.41) is 1.76. The van der Waals surface area contributed by atoms with Gasteiger partial charge in [-0.3, -0.25) is 0 Å². The van der Waals surface area contributed by atoms with E-state index in [1.807, 2.05) is 13.8 Å². The molecule has 1 N–H and O–H groups in total. The van der Waals surface area contributed by atoms with Crippen LogP contribution in [-0.4, -0.2) is 14.5 Å². The molecule has 0 aromatic carbocycles. The van der Waals surface area contributed by atoms with Crippen LogP contribution in [0, 0.1) is 0 Å². The van der Waals surface area contributed by atoms with Crippen molar-refractivity contribution in [3.63, 3.8) is 0 Å². The van der Waals surface area contributed by atoms with E-state index in [1.54, 1.807) is 17.5 Å². The smallest absolute Gasteiger partial charge is 0.208 e. The molecule has 0 saturated heterocycles. The molecule has 0 unspecified atom stereocenters. The van der Waals surface area contributed by atoms with Crippen LogP contribution in [0.2, 0.25) is 0 Å². The summed E-state index contributed by atoms with van der Waals surface area (Å²) in [6.45, 7) is 3.80. The van der Waals surface area contributed by atoms with Crippen LogP contribution in [0.25, 0.3) is 0 Å². The van der Waals surface area contributed by atoms with Gasteiger partial charge in [0.1, 0.15) is 4.21 Å². The van der Waals surface area contributed by atoms with Gasteiger partial charge in [-0.1, -0.05) is 13.0 Å². The fourth-order valence-corrected chi connectivity index (χ4v) is 3.16. The Morgan fingerprint density at radius 2 is 2.31 bits per heavy atom. The number of hydrogen-bond acceptors (Lipinski definition) is 3. The van der Waals surface area contributed by atoms with Crippen LogP contribution in [0.1, 0.15) is 20.3 Å². The topological polar surface area (TPSA) is 46.2 Å². The molecule has 1 heterocycles. The van der Waals surface area contributed by atoms with Crippen LogP contribution in [-0.2, 0) is 10.0 Å².